The summed E-state index contributed by atoms with van der Waals surface area (Å²) in [7, 11) is 0. The van der Waals surface area contributed by atoms with Crippen molar-refractivity contribution >= 4 is 11.9 Å². The lowest BCUT2D eigenvalue weighted by atomic mass is 9.84. The summed E-state index contributed by atoms with van der Waals surface area (Å²) in [4.78, 5) is 24.2. The Labute approximate surface area is 153 Å². The van der Waals surface area contributed by atoms with E-state index in [4.69, 9.17) is 9.47 Å². The third-order valence-electron chi connectivity index (χ3n) is 4.59. The van der Waals surface area contributed by atoms with Crippen molar-refractivity contribution in [3.8, 4) is 0 Å². The first-order valence-corrected chi connectivity index (χ1v) is 8.83. The van der Waals surface area contributed by atoms with Crippen LogP contribution in [0, 0.1) is 11.8 Å². The third kappa shape index (κ3) is 4.82. The van der Waals surface area contributed by atoms with Crippen molar-refractivity contribution in [2.75, 3.05) is 13.2 Å². The van der Waals surface area contributed by atoms with Crippen LogP contribution in [0.2, 0.25) is 0 Å². The van der Waals surface area contributed by atoms with Crippen molar-refractivity contribution in [1.29, 1.82) is 0 Å². The van der Waals surface area contributed by atoms with E-state index in [-0.39, 0.29) is 23.8 Å². The highest BCUT2D eigenvalue weighted by Crippen LogP contribution is 2.27. The Bertz CT molecular complexity index is 687. The number of esters is 2. The van der Waals surface area contributed by atoms with Crippen molar-refractivity contribution in [3.63, 3.8) is 0 Å². The molecule has 0 amide bonds. The van der Waals surface area contributed by atoms with Gasteiger partial charge in [-0.1, -0.05) is 48.6 Å². The Balaban J connectivity index is 1.52. The SMILES string of the molecule is O=C(OC[C@H]1CC=CC[C@@H]1COC(=O)c1ccccc1)c1ccccc1. The molecule has 0 N–H and O–H groups in total. The van der Waals surface area contributed by atoms with Crippen LogP contribution in [-0.2, 0) is 9.47 Å². The molecule has 134 valence electrons. The molecule has 0 aromatic heterocycles. The molecular formula is C22H22O4. The fourth-order valence-electron chi connectivity index (χ4n) is 3.02. The number of hydrogen-bond donors (Lipinski definition) is 0. The highest BCUT2D eigenvalue weighted by Gasteiger charge is 2.25. The first kappa shape index (κ1) is 17.9. The topological polar surface area (TPSA) is 52.6 Å². The van der Waals surface area contributed by atoms with Crippen molar-refractivity contribution in [3.05, 3.63) is 83.9 Å². The van der Waals surface area contributed by atoms with Gasteiger partial charge in [-0.25, -0.2) is 9.59 Å². The molecule has 2 aromatic rings. The number of benzene rings is 2. The molecule has 2 atom stereocenters. The van der Waals surface area contributed by atoms with Crippen LogP contribution in [-0.4, -0.2) is 25.2 Å². The summed E-state index contributed by atoms with van der Waals surface area (Å²) in [5, 5.41) is 0. The molecule has 0 heterocycles. The fraction of sp³-hybridized carbons (Fsp3) is 0.273. The van der Waals surface area contributed by atoms with Crippen LogP contribution in [0.15, 0.2) is 72.8 Å². The van der Waals surface area contributed by atoms with Crippen LogP contribution in [0.25, 0.3) is 0 Å². The second-order valence-electron chi connectivity index (χ2n) is 6.39. The van der Waals surface area contributed by atoms with Gasteiger partial charge in [0.15, 0.2) is 0 Å². The molecule has 0 saturated carbocycles. The zero-order chi connectivity index (χ0) is 18.2. The van der Waals surface area contributed by atoms with E-state index < -0.39 is 0 Å². The molecule has 4 nitrogen and oxygen atoms in total. The second-order valence-corrected chi connectivity index (χ2v) is 6.39. The summed E-state index contributed by atoms with van der Waals surface area (Å²) in [6.45, 7) is 0.650. The molecular weight excluding hydrogens is 328 g/mol. The molecule has 0 saturated heterocycles. The number of allylic oxidation sites excluding steroid dienone is 2. The van der Waals surface area contributed by atoms with E-state index in [0.717, 1.165) is 12.8 Å². The Morgan fingerprint density at radius 2 is 1.08 bits per heavy atom. The summed E-state index contributed by atoms with van der Waals surface area (Å²) in [6, 6.07) is 17.9. The molecule has 0 spiro atoms. The minimum Gasteiger partial charge on any atom is -0.462 e. The summed E-state index contributed by atoms with van der Waals surface area (Å²) >= 11 is 0. The highest BCUT2D eigenvalue weighted by atomic mass is 16.5. The molecule has 1 aliphatic carbocycles. The van der Waals surface area contributed by atoms with Gasteiger partial charge >= 0.3 is 11.9 Å². The number of hydrogen-bond acceptors (Lipinski definition) is 4. The maximum Gasteiger partial charge on any atom is 0.338 e. The summed E-state index contributed by atoms with van der Waals surface area (Å²) < 4.78 is 11.0. The van der Waals surface area contributed by atoms with Crippen LogP contribution >= 0.6 is 0 Å². The molecule has 0 unspecified atom stereocenters. The van der Waals surface area contributed by atoms with Crippen molar-refractivity contribution < 1.29 is 19.1 Å². The Morgan fingerprint density at radius 3 is 1.46 bits per heavy atom. The molecule has 0 radical (unpaired) electrons. The second kappa shape index (κ2) is 8.99. The predicted molar refractivity (Wildman–Crippen MR) is 98.8 cm³/mol. The zero-order valence-electron chi connectivity index (χ0n) is 14.5. The molecule has 4 heteroatoms. The van der Waals surface area contributed by atoms with E-state index in [0.29, 0.717) is 24.3 Å². The normalized spacial score (nSPS) is 18.9. The van der Waals surface area contributed by atoms with Crippen molar-refractivity contribution in [2.45, 2.75) is 12.8 Å². The average molecular weight is 350 g/mol. The van der Waals surface area contributed by atoms with Crippen LogP contribution in [0.3, 0.4) is 0 Å². The number of carbonyl (C=O) groups excluding carboxylic acids is 2. The van der Waals surface area contributed by atoms with Gasteiger partial charge in [-0.2, -0.15) is 0 Å². The van der Waals surface area contributed by atoms with Gasteiger partial charge in [0.1, 0.15) is 0 Å². The zero-order valence-corrected chi connectivity index (χ0v) is 14.5. The lowest BCUT2D eigenvalue weighted by Gasteiger charge is -2.27. The lowest BCUT2D eigenvalue weighted by molar-refractivity contribution is 0.0218. The van der Waals surface area contributed by atoms with E-state index in [9.17, 15) is 9.59 Å². The fourth-order valence-corrected chi connectivity index (χ4v) is 3.02. The van der Waals surface area contributed by atoms with E-state index in [2.05, 4.69) is 12.2 Å². The van der Waals surface area contributed by atoms with E-state index in [1.165, 1.54) is 0 Å². The summed E-state index contributed by atoms with van der Waals surface area (Å²) in [5.74, 6) is -0.340. The van der Waals surface area contributed by atoms with E-state index in [1.54, 1.807) is 24.3 Å². The van der Waals surface area contributed by atoms with Gasteiger partial charge in [0, 0.05) is 11.8 Å². The van der Waals surface area contributed by atoms with Gasteiger partial charge < -0.3 is 9.47 Å². The van der Waals surface area contributed by atoms with E-state index in [1.807, 2.05) is 36.4 Å². The largest absolute Gasteiger partial charge is 0.462 e. The standard InChI is InChI=1S/C22H22O4/c23-21(17-9-3-1-4-10-17)25-15-19-13-7-8-14-20(19)16-26-22(24)18-11-5-2-6-12-18/h1-12,19-20H,13-16H2/t19-,20-/m1/s1. The molecule has 1 aliphatic rings. The maximum absolute atomic E-state index is 12.1. The number of carbonyl (C=O) groups is 2. The first-order valence-electron chi connectivity index (χ1n) is 8.83. The Kier molecular flexibility index (Phi) is 6.20. The lowest BCUT2D eigenvalue weighted by Crippen LogP contribution is -2.28. The molecule has 0 bridgehead atoms. The quantitative estimate of drug-likeness (QED) is 0.576. The molecule has 0 fully saturated rings. The maximum atomic E-state index is 12.1. The van der Waals surface area contributed by atoms with Crippen LogP contribution in [0.4, 0.5) is 0 Å². The number of rotatable bonds is 6. The predicted octanol–water partition coefficient (Wildman–Crippen LogP) is 4.28. The highest BCUT2D eigenvalue weighted by molar-refractivity contribution is 5.89. The third-order valence-corrected chi connectivity index (χ3v) is 4.59. The molecule has 2 aromatic carbocycles. The molecule has 0 aliphatic heterocycles. The Morgan fingerprint density at radius 1 is 0.692 bits per heavy atom. The monoisotopic (exact) mass is 350 g/mol. The molecule has 3 rings (SSSR count). The minimum atomic E-state index is -0.319. The van der Waals surface area contributed by atoms with Gasteiger partial charge in [0.05, 0.1) is 24.3 Å². The van der Waals surface area contributed by atoms with Gasteiger partial charge in [0.2, 0.25) is 0 Å². The minimum absolute atomic E-state index is 0.149. The van der Waals surface area contributed by atoms with E-state index >= 15 is 0 Å². The summed E-state index contributed by atoms with van der Waals surface area (Å²) in [6.07, 6.45) is 5.82. The van der Waals surface area contributed by atoms with Crippen LogP contribution in [0.1, 0.15) is 33.6 Å². The van der Waals surface area contributed by atoms with Gasteiger partial charge in [-0.3, -0.25) is 0 Å². The molecule has 26 heavy (non-hydrogen) atoms. The summed E-state index contributed by atoms with van der Waals surface area (Å²) in [5.41, 5.74) is 1.09. The van der Waals surface area contributed by atoms with Crippen LogP contribution < -0.4 is 0 Å². The van der Waals surface area contributed by atoms with Crippen molar-refractivity contribution in [1.82, 2.24) is 0 Å². The number of ether oxygens (including phenoxy) is 2. The van der Waals surface area contributed by atoms with Crippen molar-refractivity contribution in [2.24, 2.45) is 11.8 Å². The average Bonchev–Trinajstić information content (AvgIpc) is 2.72. The van der Waals surface area contributed by atoms with Gasteiger partial charge in [-0.15, -0.1) is 0 Å². The van der Waals surface area contributed by atoms with Crippen LogP contribution in [0.5, 0.6) is 0 Å². The van der Waals surface area contributed by atoms with Gasteiger partial charge in [0.25, 0.3) is 0 Å². The Hall–Kier alpha value is -2.88. The first-order chi connectivity index (χ1) is 12.7. The smallest absolute Gasteiger partial charge is 0.338 e. The van der Waals surface area contributed by atoms with Gasteiger partial charge in [-0.05, 0) is 37.1 Å².